The van der Waals surface area contributed by atoms with E-state index in [0.29, 0.717) is 17.2 Å². The molecule has 1 aromatic carbocycles. The van der Waals surface area contributed by atoms with Gasteiger partial charge in [-0.2, -0.15) is 0 Å². The molecule has 1 saturated carbocycles. The fourth-order valence-corrected chi connectivity index (χ4v) is 3.69. The van der Waals surface area contributed by atoms with Crippen molar-refractivity contribution in [3.05, 3.63) is 42.3 Å². The highest BCUT2D eigenvalue weighted by Crippen LogP contribution is 2.64. The molecule has 3 heterocycles. The molecule has 0 amide bonds. The first-order valence-corrected chi connectivity index (χ1v) is 8.11. The van der Waals surface area contributed by atoms with E-state index in [9.17, 15) is 0 Å². The van der Waals surface area contributed by atoms with Gasteiger partial charge in [0.2, 0.25) is 5.89 Å². The summed E-state index contributed by atoms with van der Waals surface area (Å²) >= 11 is 0. The molecule has 2 aliphatic rings. The zero-order valence-electron chi connectivity index (χ0n) is 12.7. The van der Waals surface area contributed by atoms with Crippen LogP contribution < -0.4 is 0 Å². The molecule has 0 N–H and O–H groups in total. The maximum atomic E-state index is 5.94. The van der Waals surface area contributed by atoms with Crippen molar-refractivity contribution in [2.75, 3.05) is 13.2 Å². The van der Waals surface area contributed by atoms with Crippen LogP contribution in [0.5, 0.6) is 0 Å². The number of ether oxygens (including phenoxy) is 1. The predicted octanol–water partition coefficient (Wildman–Crippen LogP) is 3.57. The van der Waals surface area contributed by atoms with E-state index < -0.39 is 0 Å². The van der Waals surface area contributed by atoms with E-state index in [1.165, 1.54) is 0 Å². The van der Waals surface area contributed by atoms with Crippen LogP contribution in [0.4, 0.5) is 0 Å². The van der Waals surface area contributed by atoms with Gasteiger partial charge in [0.05, 0.1) is 5.52 Å². The molecular formula is C18H17N3O2. The Labute approximate surface area is 133 Å². The second-order valence-corrected chi connectivity index (χ2v) is 6.57. The SMILES string of the molecule is c1ccc2nc(-c3nnc(C4CC45CCOCC5)o3)ccc2c1. The average Bonchev–Trinajstić information content (AvgIpc) is 3.08. The molecule has 2 fully saturated rings. The third-order valence-corrected chi connectivity index (χ3v) is 5.23. The summed E-state index contributed by atoms with van der Waals surface area (Å²) in [5.41, 5.74) is 2.03. The van der Waals surface area contributed by atoms with E-state index in [0.717, 1.165) is 55.0 Å². The summed E-state index contributed by atoms with van der Waals surface area (Å²) in [5, 5.41) is 9.62. The largest absolute Gasteiger partial charge is 0.419 e. The van der Waals surface area contributed by atoms with Crippen LogP contribution in [0.15, 0.2) is 40.8 Å². The molecule has 1 aliphatic heterocycles. The Morgan fingerprint density at radius 1 is 1.00 bits per heavy atom. The Balaban J connectivity index is 1.44. The first-order valence-electron chi connectivity index (χ1n) is 8.11. The third-order valence-electron chi connectivity index (χ3n) is 5.23. The summed E-state index contributed by atoms with van der Waals surface area (Å²) in [5.74, 6) is 1.67. The number of benzene rings is 1. The monoisotopic (exact) mass is 307 g/mol. The summed E-state index contributed by atoms with van der Waals surface area (Å²) in [7, 11) is 0. The van der Waals surface area contributed by atoms with Gasteiger partial charge in [0.15, 0.2) is 0 Å². The molecule has 2 aromatic heterocycles. The zero-order chi connectivity index (χ0) is 15.3. The number of para-hydroxylation sites is 1. The predicted molar refractivity (Wildman–Crippen MR) is 84.9 cm³/mol. The van der Waals surface area contributed by atoms with Crippen molar-refractivity contribution >= 4 is 10.9 Å². The molecule has 1 atom stereocenters. The zero-order valence-corrected chi connectivity index (χ0v) is 12.7. The fraction of sp³-hybridized carbons (Fsp3) is 0.389. The summed E-state index contributed by atoms with van der Waals surface area (Å²) < 4.78 is 11.4. The Bertz CT molecular complexity index is 867. The highest BCUT2D eigenvalue weighted by Gasteiger charge is 2.57. The van der Waals surface area contributed by atoms with Gasteiger partial charge in [-0.1, -0.05) is 24.3 Å². The summed E-state index contributed by atoms with van der Waals surface area (Å²) in [4.78, 5) is 4.63. The number of hydrogen-bond acceptors (Lipinski definition) is 5. The van der Waals surface area contributed by atoms with Crippen LogP contribution in [-0.4, -0.2) is 28.4 Å². The van der Waals surface area contributed by atoms with Crippen LogP contribution in [0, 0.1) is 5.41 Å². The Morgan fingerprint density at radius 2 is 1.87 bits per heavy atom. The molecule has 5 rings (SSSR count). The summed E-state index contributed by atoms with van der Waals surface area (Å²) in [6.07, 6.45) is 3.34. The molecule has 5 nitrogen and oxygen atoms in total. The number of rotatable bonds is 2. The molecule has 0 radical (unpaired) electrons. The van der Waals surface area contributed by atoms with Crippen molar-refractivity contribution in [3.63, 3.8) is 0 Å². The van der Waals surface area contributed by atoms with E-state index in [4.69, 9.17) is 9.15 Å². The Hall–Kier alpha value is -2.27. The summed E-state index contributed by atoms with van der Waals surface area (Å²) in [6.45, 7) is 1.70. The van der Waals surface area contributed by atoms with Gasteiger partial charge in [-0.25, -0.2) is 4.98 Å². The molecule has 1 unspecified atom stereocenters. The van der Waals surface area contributed by atoms with Crippen molar-refractivity contribution in [2.45, 2.75) is 25.2 Å². The Kier molecular flexibility index (Phi) is 2.79. The molecule has 0 bridgehead atoms. The highest BCUT2D eigenvalue weighted by atomic mass is 16.5. The van der Waals surface area contributed by atoms with E-state index in [1.807, 2.05) is 36.4 Å². The first-order chi connectivity index (χ1) is 11.3. The molecule has 3 aromatic rings. The minimum Gasteiger partial charge on any atom is -0.419 e. The number of hydrogen-bond donors (Lipinski definition) is 0. The standard InChI is InChI=1S/C18H17N3O2/c1-2-4-14-12(3-1)5-6-15(19-14)17-21-20-16(23-17)13-11-18(13)7-9-22-10-8-18/h1-6,13H,7-11H2. The number of nitrogens with zero attached hydrogens (tertiary/aromatic N) is 3. The van der Waals surface area contributed by atoms with Crippen LogP contribution in [0.25, 0.3) is 22.5 Å². The highest BCUT2D eigenvalue weighted by molar-refractivity contribution is 5.80. The summed E-state index contributed by atoms with van der Waals surface area (Å²) in [6, 6.07) is 12.0. The van der Waals surface area contributed by atoms with E-state index in [-0.39, 0.29) is 0 Å². The molecule has 116 valence electrons. The van der Waals surface area contributed by atoms with Crippen molar-refractivity contribution in [2.24, 2.45) is 5.41 Å². The lowest BCUT2D eigenvalue weighted by molar-refractivity contribution is 0.0547. The minimum atomic E-state index is 0.346. The van der Waals surface area contributed by atoms with E-state index in [2.05, 4.69) is 15.2 Å². The third kappa shape index (κ3) is 2.15. The van der Waals surface area contributed by atoms with Crippen molar-refractivity contribution < 1.29 is 9.15 Å². The second kappa shape index (κ2) is 4.86. The molecule has 23 heavy (non-hydrogen) atoms. The van der Waals surface area contributed by atoms with Crippen LogP contribution in [0.2, 0.25) is 0 Å². The lowest BCUT2D eigenvalue weighted by atomic mass is 9.94. The van der Waals surface area contributed by atoms with Gasteiger partial charge in [-0.3, -0.25) is 0 Å². The smallest absolute Gasteiger partial charge is 0.266 e. The molecular weight excluding hydrogens is 290 g/mol. The van der Waals surface area contributed by atoms with E-state index >= 15 is 0 Å². The lowest BCUT2D eigenvalue weighted by Crippen LogP contribution is -2.18. The number of aromatic nitrogens is 3. The lowest BCUT2D eigenvalue weighted by Gasteiger charge is -2.21. The van der Waals surface area contributed by atoms with Gasteiger partial charge in [-0.05, 0) is 36.8 Å². The topological polar surface area (TPSA) is 61.0 Å². The van der Waals surface area contributed by atoms with Gasteiger partial charge >= 0.3 is 0 Å². The maximum Gasteiger partial charge on any atom is 0.266 e. The van der Waals surface area contributed by atoms with Crippen molar-refractivity contribution in [3.8, 4) is 11.6 Å². The van der Waals surface area contributed by atoms with Gasteiger partial charge in [0.1, 0.15) is 5.69 Å². The molecule has 5 heteroatoms. The second-order valence-electron chi connectivity index (χ2n) is 6.57. The molecule has 1 spiro atoms. The molecule has 1 aliphatic carbocycles. The van der Waals surface area contributed by atoms with Crippen molar-refractivity contribution in [1.82, 2.24) is 15.2 Å². The fourth-order valence-electron chi connectivity index (χ4n) is 3.69. The quantitative estimate of drug-likeness (QED) is 0.724. The van der Waals surface area contributed by atoms with Crippen LogP contribution in [0.1, 0.15) is 31.1 Å². The van der Waals surface area contributed by atoms with Gasteiger partial charge in [-0.15, -0.1) is 10.2 Å². The van der Waals surface area contributed by atoms with Gasteiger partial charge < -0.3 is 9.15 Å². The minimum absolute atomic E-state index is 0.346. The molecule has 1 saturated heterocycles. The van der Waals surface area contributed by atoms with Gasteiger partial charge in [0, 0.05) is 24.5 Å². The van der Waals surface area contributed by atoms with Crippen LogP contribution >= 0.6 is 0 Å². The van der Waals surface area contributed by atoms with E-state index in [1.54, 1.807) is 0 Å². The van der Waals surface area contributed by atoms with Crippen molar-refractivity contribution in [1.29, 1.82) is 0 Å². The van der Waals surface area contributed by atoms with Gasteiger partial charge in [0.25, 0.3) is 5.89 Å². The number of fused-ring (bicyclic) bond motifs is 1. The Morgan fingerprint density at radius 3 is 2.78 bits per heavy atom. The average molecular weight is 307 g/mol. The first kappa shape index (κ1) is 13.2. The maximum absolute atomic E-state index is 5.94. The van der Waals surface area contributed by atoms with Crippen LogP contribution in [-0.2, 0) is 4.74 Å². The van der Waals surface area contributed by atoms with Crippen LogP contribution in [0.3, 0.4) is 0 Å². The normalized spacial score (nSPS) is 22.5. The number of pyridine rings is 1.